The zero-order valence-corrected chi connectivity index (χ0v) is 9.04. The van der Waals surface area contributed by atoms with Crippen molar-refractivity contribution < 1.29 is 4.74 Å². The van der Waals surface area contributed by atoms with Crippen LogP contribution in [-0.2, 0) is 11.8 Å². The van der Waals surface area contributed by atoms with Gasteiger partial charge in [-0.25, -0.2) is 0 Å². The molecule has 1 saturated heterocycles. The van der Waals surface area contributed by atoms with Crippen molar-refractivity contribution in [1.29, 1.82) is 0 Å². The van der Waals surface area contributed by atoms with E-state index in [0.29, 0.717) is 0 Å². The maximum atomic E-state index is 6.12. The second-order valence-corrected chi connectivity index (χ2v) is 4.54. The van der Waals surface area contributed by atoms with E-state index in [-0.39, 0.29) is 12.1 Å². The molecule has 0 aliphatic carbocycles. The fraction of sp³-hybridized carbons (Fsp3) is 0.667. The van der Waals surface area contributed by atoms with Crippen LogP contribution < -0.4 is 5.73 Å². The average molecular weight is 213 g/mol. The summed E-state index contributed by atoms with van der Waals surface area (Å²) >= 11 is 1.90. The molecule has 0 radical (unpaired) electrons. The number of nitrogens with two attached hydrogens (primary N) is 1. The molecule has 0 saturated carbocycles. The highest BCUT2D eigenvalue weighted by Gasteiger charge is 2.24. The Bertz CT molecular complexity index is 296. The molecule has 2 heterocycles. The minimum Gasteiger partial charge on any atom is -0.374 e. The van der Waals surface area contributed by atoms with Gasteiger partial charge < -0.3 is 10.5 Å². The molecule has 1 aliphatic rings. The summed E-state index contributed by atoms with van der Waals surface area (Å²) in [6.45, 7) is 0.806. The fourth-order valence-corrected chi connectivity index (χ4v) is 2.53. The zero-order valence-electron chi connectivity index (χ0n) is 8.22. The molecule has 2 rings (SSSR count). The highest BCUT2D eigenvalue weighted by Crippen LogP contribution is 2.22. The smallest absolute Gasteiger partial charge is 0.0873 e. The molecule has 1 aromatic heterocycles. The van der Waals surface area contributed by atoms with Gasteiger partial charge in [0.15, 0.2) is 0 Å². The van der Waals surface area contributed by atoms with E-state index in [2.05, 4.69) is 5.10 Å². The van der Waals surface area contributed by atoms with Gasteiger partial charge in [0.1, 0.15) is 0 Å². The van der Waals surface area contributed by atoms with Crippen molar-refractivity contribution >= 4 is 11.8 Å². The van der Waals surface area contributed by atoms with E-state index in [4.69, 9.17) is 10.5 Å². The predicted octanol–water partition coefficient (Wildman–Crippen LogP) is 0.552. The lowest BCUT2D eigenvalue weighted by Crippen LogP contribution is -2.35. The second kappa shape index (κ2) is 4.33. The average Bonchev–Trinajstić information content (AvgIpc) is 2.65. The van der Waals surface area contributed by atoms with Crippen LogP contribution in [0.4, 0.5) is 0 Å². The number of hydrogen-bond donors (Lipinski definition) is 1. The first-order valence-corrected chi connectivity index (χ1v) is 5.87. The fourth-order valence-electron chi connectivity index (χ4n) is 1.61. The first-order valence-electron chi connectivity index (χ1n) is 4.72. The molecular formula is C9H15N3OS. The largest absolute Gasteiger partial charge is 0.374 e. The third-order valence-electron chi connectivity index (χ3n) is 2.44. The molecule has 2 unspecified atom stereocenters. The van der Waals surface area contributed by atoms with Gasteiger partial charge >= 0.3 is 0 Å². The Balaban J connectivity index is 2.07. The van der Waals surface area contributed by atoms with Gasteiger partial charge in [0.25, 0.3) is 0 Å². The third kappa shape index (κ3) is 1.94. The summed E-state index contributed by atoms with van der Waals surface area (Å²) in [7, 11) is 1.91. The van der Waals surface area contributed by atoms with E-state index in [1.807, 2.05) is 29.6 Å². The van der Waals surface area contributed by atoms with Gasteiger partial charge in [-0.15, -0.1) is 0 Å². The minimum absolute atomic E-state index is 0.0599. The van der Waals surface area contributed by atoms with Crippen molar-refractivity contribution in [3.8, 4) is 0 Å². The molecule has 2 atom stereocenters. The third-order valence-corrected chi connectivity index (χ3v) is 3.46. The highest BCUT2D eigenvalue weighted by molar-refractivity contribution is 7.99. The Labute approximate surface area is 87.8 Å². The SMILES string of the molecule is Cn1nccc1C(N)C1CSCCO1. The zero-order chi connectivity index (χ0) is 9.97. The lowest BCUT2D eigenvalue weighted by Gasteiger charge is -2.27. The van der Waals surface area contributed by atoms with Crippen molar-refractivity contribution in [3.63, 3.8) is 0 Å². The Morgan fingerprint density at radius 2 is 2.64 bits per heavy atom. The number of nitrogens with zero attached hydrogens (tertiary/aromatic N) is 2. The number of aryl methyl sites for hydroxylation is 1. The first kappa shape index (κ1) is 10.0. The van der Waals surface area contributed by atoms with Crippen LogP contribution in [0.1, 0.15) is 11.7 Å². The van der Waals surface area contributed by atoms with E-state index >= 15 is 0 Å². The van der Waals surface area contributed by atoms with Crippen LogP contribution in [0, 0.1) is 0 Å². The van der Waals surface area contributed by atoms with Crippen LogP contribution in [0.5, 0.6) is 0 Å². The molecule has 0 aromatic carbocycles. The number of ether oxygens (including phenoxy) is 1. The molecule has 4 nitrogen and oxygen atoms in total. The van der Waals surface area contributed by atoms with Gasteiger partial charge in [-0.2, -0.15) is 16.9 Å². The molecule has 1 aliphatic heterocycles. The lowest BCUT2D eigenvalue weighted by molar-refractivity contribution is 0.0551. The standard InChI is InChI=1S/C9H15N3OS/c1-12-7(2-3-11-12)9(10)8-6-14-5-4-13-8/h2-3,8-9H,4-6,10H2,1H3. The molecule has 1 aromatic rings. The van der Waals surface area contributed by atoms with E-state index in [1.165, 1.54) is 0 Å². The van der Waals surface area contributed by atoms with Crippen molar-refractivity contribution in [2.24, 2.45) is 12.8 Å². The Morgan fingerprint density at radius 1 is 1.79 bits per heavy atom. The van der Waals surface area contributed by atoms with Crippen LogP contribution in [0.3, 0.4) is 0 Å². The lowest BCUT2D eigenvalue weighted by atomic mass is 10.1. The Morgan fingerprint density at radius 3 is 3.21 bits per heavy atom. The molecule has 0 spiro atoms. The molecule has 5 heteroatoms. The van der Waals surface area contributed by atoms with E-state index in [0.717, 1.165) is 23.8 Å². The monoisotopic (exact) mass is 213 g/mol. The summed E-state index contributed by atoms with van der Waals surface area (Å²) in [4.78, 5) is 0. The van der Waals surface area contributed by atoms with Crippen LogP contribution in [-0.4, -0.2) is 34.0 Å². The molecule has 14 heavy (non-hydrogen) atoms. The molecular weight excluding hydrogens is 198 g/mol. The maximum Gasteiger partial charge on any atom is 0.0873 e. The van der Waals surface area contributed by atoms with Crippen molar-refractivity contribution in [3.05, 3.63) is 18.0 Å². The van der Waals surface area contributed by atoms with Gasteiger partial charge in [0.05, 0.1) is 24.4 Å². The Kier molecular flexibility index (Phi) is 3.10. The van der Waals surface area contributed by atoms with Gasteiger partial charge in [0, 0.05) is 24.8 Å². The van der Waals surface area contributed by atoms with E-state index in [9.17, 15) is 0 Å². The summed E-state index contributed by atoms with van der Waals surface area (Å²) in [5, 5.41) is 4.11. The number of thioether (sulfide) groups is 1. The minimum atomic E-state index is -0.0599. The maximum absolute atomic E-state index is 6.12. The highest BCUT2D eigenvalue weighted by atomic mass is 32.2. The second-order valence-electron chi connectivity index (χ2n) is 3.39. The van der Waals surface area contributed by atoms with Gasteiger partial charge in [-0.05, 0) is 6.07 Å². The van der Waals surface area contributed by atoms with Gasteiger partial charge in [0.2, 0.25) is 0 Å². The number of aromatic nitrogens is 2. The number of rotatable bonds is 2. The van der Waals surface area contributed by atoms with Crippen LogP contribution >= 0.6 is 11.8 Å². The van der Waals surface area contributed by atoms with Crippen molar-refractivity contribution in [2.45, 2.75) is 12.1 Å². The normalized spacial score (nSPS) is 24.9. The molecule has 78 valence electrons. The van der Waals surface area contributed by atoms with Crippen LogP contribution in [0.2, 0.25) is 0 Å². The topological polar surface area (TPSA) is 53.1 Å². The van der Waals surface area contributed by atoms with Gasteiger partial charge in [-0.1, -0.05) is 0 Å². The summed E-state index contributed by atoms with van der Waals surface area (Å²) < 4.78 is 7.44. The number of hydrogen-bond acceptors (Lipinski definition) is 4. The van der Waals surface area contributed by atoms with Crippen molar-refractivity contribution in [1.82, 2.24) is 9.78 Å². The molecule has 2 N–H and O–H groups in total. The first-order chi connectivity index (χ1) is 6.79. The molecule has 0 bridgehead atoms. The Hall–Kier alpha value is -0.520. The predicted molar refractivity (Wildman–Crippen MR) is 57.2 cm³/mol. The van der Waals surface area contributed by atoms with Gasteiger partial charge in [-0.3, -0.25) is 4.68 Å². The van der Waals surface area contributed by atoms with Crippen LogP contribution in [0.15, 0.2) is 12.3 Å². The molecule has 1 fully saturated rings. The summed E-state index contributed by atoms with van der Waals surface area (Å²) in [5.74, 6) is 2.06. The van der Waals surface area contributed by atoms with E-state index < -0.39 is 0 Å². The molecule has 0 amide bonds. The summed E-state index contributed by atoms with van der Waals surface area (Å²) in [6, 6.07) is 1.89. The summed E-state index contributed by atoms with van der Waals surface area (Å²) in [6.07, 6.45) is 1.90. The van der Waals surface area contributed by atoms with E-state index in [1.54, 1.807) is 6.20 Å². The van der Waals surface area contributed by atoms with Crippen LogP contribution in [0.25, 0.3) is 0 Å². The summed E-state index contributed by atoms with van der Waals surface area (Å²) in [5.41, 5.74) is 7.16. The quantitative estimate of drug-likeness (QED) is 0.779. The van der Waals surface area contributed by atoms with Crippen molar-refractivity contribution in [2.75, 3.05) is 18.1 Å².